The zero-order valence-corrected chi connectivity index (χ0v) is 9.67. The quantitative estimate of drug-likeness (QED) is 0.683. The lowest BCUT2D eigenvalue weighted by Crippen LogP contribution is -2.41. The van der Waals surface area contributed by atoms with Crippen molar-refractivity contribution in [3.05, 3.63) is 29.8 Å². The van der Waals surface area contributed by atoms with E-state index in [0.29, 0.717) is 0 Å². The van der Waals surface area contributed by atoms with Crippen molar-refractivity contribution >= 4 is 17.8 Å². The van der Waals surface area contributed by atoms with Crippen LogP contribution in [0.25, 0.3) is 0 Å². The molecule has 1 unspecified atom stereocenters. The lowest BCUT2D eigenvalue weighted by Gasteiger charge is -2.13. The molecule has 0 fully saturated rings. The van der Waals surface area contributed by atoms with Crippen LogP contribution in [0.5, 0.6) is 0 Å². The summed E-state index contributed by atoms with van der Waals surface area (Å²) in [6, 6.07) is -0.454. The molecule has 1 atom stereocenters. The number of aromatic nitrogens is 1. The van der Waals surface area contributed by atoms with Crippen molar-refractivity contribution in [2.24, 2.45) is 0 Å². The van der Waals surface area contributed by atoms with Gasteiger partial charge in [-0.05, 0) is 12.5 Å². The summed E-state index contributed by atoms with van der Waals surface area (Å²) in [4.78, 5) is 36.3. The molecule has 0 spiro atoms. The second-order valence-electron chi connectivity index (χ2n) is 3.69. The monoisotopic (exact) mass is 270 g/mol. The third kappa shape index (κ3) is 4.70. The minimum Gasteiger partial charge on any atom is -0.481 e. The smallest absolute Gasteiger partial charge is 0.326 e. The van der Waals surface area contributed by atoms with E-state index in [0.717, 1.165) is 18.5 Å². The Labute approximate surface area is 107 Å². The van der Waals surface area contributed by atoms with Crippen LogP contribution in [-0.2, 0) is 9.59 Å². The molecular formula is C11H11FN2O5. The topological polar surface area (TPSA) is 117 Å². The number of amides is 1. The van der Waals surface area contributed by atoms with Crippen molar-refractivity contribution in [2.75, 3.05) is 0 Å². The Morgan fingerprint density at radius 2 is 2.00 bits per heavy atom. The van der Waals surface area contributed by atoms with Gasteiger partial charge in [0.15, 0.2) is 0 Å². The molecule has 1 amide bonds. The van der Waals surface area contributed by atoms with Crippen LogP contribution in [0.4, 0.5) is 4.39 Å². The van der Waals surface area contributed by atoms with Crippen LogP contribution in [0.15, 0.2) is 18.5 Å². The molecule has 19 heavy (non-hydrogen) atoms. The van der Waals surface area contributed by atoms with Crippen molar-refractivity contribution in [2.45, 2.75) is 18.9 Å². The lowest BCUT2D eigenvalue weighted by atomic mass is 10.1. The number of nitrogens with one attached hydrogen (secondary N) is 1. The number of hydrogen-bond donors (Lipinski definition) is 3. The molecule has 0 aliphatic carbocycles. The first kappa shape index (κ1) is 14.6. The molecule has 1 aromatic rings. The summed E-state index contributed by atoms with van der Waals surface area (Å²) in [7, 11) is 0. The third-order valence-electron chi connectivity index (χ3n) is 2.22. The largest absolute Gasteiger partial charge is 0.481 e. The number of aliphatic carboxylic acids is 2. The number of halogens is 1. The Kier molecular flexibility index (Phi) is 4.92. The highest BCUT2D eigenvalue weighted by atomic mass is 19.1. The second-order valence-corrected chi connectivity index (χ2v) is 3.69. The molecule has 1 heterocycles. The predicted octanol–water partition coefficient (Wildman–Crippen LogP) is 0.268. The van der Waals surface area contributed by atoms with E-state index in [1.165, 1.54) is 0 Å². The van der Waals surface area contributed by atoms with E-state index in [9.17, 15) is 18.8 Å². The summed E-state index contributed by atoms with van der Waals surface area (Å²) >= 11 is 0. The SMILES string of the molecule is O=C(O)CCC(NC(=O)c1cncc(F)c1)C(=O)O. The van der Waals surface area contributed by atoms with Gasteiger partial charge in [0.25, 0.3) is 5.91 Å². The van der Waals surface area contributed by atoms with E-state index in [1.54, 1.807) is 0 Å². The minimum absolute atomic E-state index is 0.137. The van der Waals surface area contributed by atoms with Gasteiger partial charge < -0.3 is 15.5 Å². The Morgan fingerprint density at radius 3 is 2.53 bits per heavy atom. The van der Waals surface area contributed by atoms with Crippen molar-refractivity contribution in [1.82, 2.24) is 10.3 Å². The molecule has 0 aliphatic heterocycles. The first-order valence-corrected chi connectivity index (χ1v) is 5.26. The number of carbonyl (C=O) groups is 3. The van der Waals surface area contributed by atoms with E-state index in [2.05, 4.69) is 10.3 Å². The highest BCUT2D eigenvalue weighted by Crippen LogP contribution is 2.04. The minimum atomic E-state index is -1.36. The van der Waals surface area contributed by atoms with Gasteiger partial charge in [-0.25, -0.2) is 9.18 Å². The van der Waals surface area contributed by atoms with Crippen molar-refractivity contribution in [3.8, 4) is 0 Å². The van der Waals surface area contributed by atoms with Crippen molar-refractivity contribution in [3.63, 3.8) is 0 Å². The van der Waals surface area contributed by atoms with E-state index >= 15 is 0 Å². The predicted molar refractivity (Wildman–Crippen MR) is 60.0 cm³/mol. The summed E-state index contributed by atoms with van der Waals surface area (Å²) < 4.78 is 12.8. The first-order valence-electron chi connectivity index (χ1n) is 5.26. The zero-order chi connectivity index (χ0) is 14.4. The molecule has 0 saturated carbocycles. The summed E-state index contributed by atoms with van der Waals surface area (Å²) in [6.45, 7) is 0. The summed E-state index contributed by atoms with van der Waals surface area (Å²) in [5.41, 5.74) is -0.137. The van der Waals surface area contributed by atoms with Gasteiger partial charge in [-0.2, -0.15) is 0 Å². The molecule has 0 radical (unpaired) electrons. The molecule has 8 heteroatoms. The maximum atomic E-state index is 12.8. The summed E-state index contributed by atoms with van der Waals surface area (Å²) in [6.07, 6.45) is 1.31. The van der Waals surface area contributed by atoms with E-state index < -0.39 is 36.1 Å². The average Bonchev–Trinajstić information content (AvgIpc) is 2.33. The molecule has 1 aromatic heterocycles. The second kappa shape index (κ2) is 6.43. The number of pyridine rings is 1. The van der Waals surface area contributed by atoms with Gasteiger partial charge in [-0.15, -0.1) is 0 Å². The van der Waals surface area contributed by atoms with E-state index in [4.69, 9.17) is 10.2 Å². The first-order chi connectivity index (χ1) is 8.90. The van der Waals surface area contributed by atoms with E-state index in [1.807, 2.05) is 0 Å². The van der Waals surface area contributed by atoms with Crippen molar-refractivity contribution in [1.29, 1.82) is 0 Å². The van der Waals surface area contributed by atoms with Crippen LogP contribution in [0, 0.1) is 5.82 Å². The molecule has 102 valence electrons. The molecule has 7 nitrogen and oxygen atoms in total. The number of hydrogen-bond acceptors (Lipinski definition) is 4. The molecule has 0 aromatic carbocycles. The number of carboxylic acid groups (broad SMARTS) is 2. The van der Waals surface area contributed by atoms with E-state index in [-0.39, 0.29) is 12.0 Å². The molecular weight excluding hydrogens is 259 g/mol. The number of carboxylic acids is 2. The summed E-state index contributed by atoms with van der Waals surface area (Å²) in [5.74, 6) is -4.10. The molecule has 0 bridgehead atoms. The van der Waals surface area contributed by atoms with Gasteiger partial charge in [-0.1, -0.05) is 0 Å². The van der Waals surface area contributed by atoms with Gasteiger partial charge in [0.05, 0.1) is 11.8 Å². The normalized spacial score (nSPS) is 11.6. The van der Waals surface area contributed by atoms with Crippen molar-refractivity contribution < 1.29 is 29.0 Å². The van der Waals surface area contributed by atoms with Gasteiger partial charge in [-0.3, -0.25) is 14.6 Å². The van der Waals surface area contributed by atoms with Gasteiger partial charge in [0, 0.05) is 12.6 Å². The Balaban J connectivity index is 2.71. The maximum Gasteiger partial charge on any atom is 0.326 e. The molecule has 0 saturated heterocycles. The lowest BCUT2D eigenvalue weighted by molar-refractivity contribution is -0.140. The maximum absolute atomic E-state index is 12.8. The summed E-state index contributed by atoms with van der Waals surface area (Å²) in [5, 5.41) is 19.4. The van der Waals surface area contributed by atoms with Crippen LogP contribution in [0.3, 0.4) is 0 Å². The highest BCUT2D eigenvalue weighted by Gasteiger charge is 2.21. The van der Waals surface area contributed by atoms with Crippen LogP contribution < -0.4 is 5.32 Å². The fraction of sp³-hybridized carbons (Fsp3) is 0.273. The standard InChI is InChI=1S/C11H11FN2O5/c12-7-3-6(4-13-5-7)10(17)14-8(11(18)19)1-2-9(15)16/h3-5,8H,1-2H2,(H,14,17)(H,15,16)(H,18,19). The highest BCUT2D eigenvalue weighted by molar-refractivity contribution is 5.96. The van der Waals surface area contributed by atoms with Crippen LogP contribution in [-0.4, -0.2) is 39.1 Å². The Bertz CT molecular complexity index is 506. The molecule has 3 N–H and O–H groups in total. The Hall–Kier alpha value is -2.51. The van der Waals surface area contributed by atoms with Gasteiger partial charge >= 0.3 is 11.9 Å². The average molecular weight is 270 g/mol. The van der Waals surface area contributed by atoms with Crippen LogP contribution >= 0.6 is 0 Å². The van der Waals surface area contributed by atoms with Gasteiger partial charge in [0.2, 0.25) is 0 Å². The fourth-order valence-electron chi connectivity index (χ4n) is 1.30. The molecule has 0 aliphatic rings. The third-order valence-corrected chi connectivity index (χ3v) is 2.22. The molecule has 1 rings (SSSR count). The number of carbonyl (C=O) groups excluding carboxylic acids is 1. The number of rotatable bonds is 6. The fourth-order valence-corrected chi connectivity index (χ4v) is 1.30. The van der Waals surface area contributed by atoms with Crippen LogP contribution in [0.1, 0.15) is 23.2 Å². The van der Waals surface area contributed by atoms with Gasteiger partial charge in [0.1, 0.15) is 11.9 Å². The zero-order valence-electron chi connectivity index (χ0n) is 9.67. The number of nitrogens with zero attached hydrogens (tertiary/aromatic N) is 1. The van der Waals surface area contributed by atoms with Crippen LogP contribution in [0.2, 0.25) is 0 Å². The Morgan fingerprint density at radius 1 is 1.32 bits per heavy atom.